The van der Waals surface area contributed by atoms with Gasteiger partial charge in [-0.05, 0) is 43.9 Å². The van der Waals surface area contributed by atoms with Crippen LogP contribution in [0.15, 0.2) is 33.5 Å². The molecule has 0 aliphatic heterocycles. The fourth-order valence-corrected chi connectivity index (χ4v) is 2.89. The van der Waals surface area contributed by atoms with Crippen LogP contribution < -0.4 is 5.43 Å². The number of hydrogen-bond donors (Lipinski definition) is 1. The quantitative estimate of drug-likeness (QED) is 0.644. The summed E-state index contributed by atoms with van der Waals surface area (Å²) < 4.78 is 9.95. The van der Waals surface area contributed by atoms with Gasteiger partial charge in [-0.2, -0.15) is 0 Å². The number of benzene rings is 1. The molecule has 1 saturated carbocycles. The zero-order valence-electron chi connectivity index (χ0n) is 13.4. The molecule has 1 aliphatic carbocycles. The number of fused-ring (bicyclic) bond motifs is 1. The standard InChI is InChI=1S/C19H18O5/c1-23-18(21)17-12-15(20)14-11-13(5-6-16(14)24-17)7-10-19(22)8-3-2-4-9-19/h5-6,11-12,22H,2-4,8-9H2,1H3. The molecule has 1 aromatic heterocycles. The lowest BCUT2D eigenvalue weighted by molar-refractivity contribution is 0.0565. The minimum Gasteiger partial charge on any atom is -0.463 e. The van der Waals surface area contributed by atoms with E-state index in [2.05, 4.69) is 16.6 Å². The first-order valence-electron chi connectivity index (χ1n) is 7.92. The van der Waals surface area contributed by atoms with Crippen LogP contribution in [0.1, 0.15) is 48.2 Å². The molecule has 5 nitrogen and oxygen atoms in total. The van der Waals surface area contributed by atoms with Crippen molar-refractivity contribution in [2.45, 2.75) is 37.7 Å². The van der Waals surface area contributed by atoms with Crippen molar-refractivity contribution in [1.29, 1.82) is 0 Å². The molecule has 0 bridgehead atoms. The van der Waals surface area contributed by atoms with Crippen LogP contribution in [0.25, 0.3) is 11.0 Å². The first-order chi connectivity index (χ1) is 11.5. The summed E-state index contributed by atoms with van der Waals surface area (Å²) in [6, 6.07) is 6.02. The van der Waals surface area contributed by atoms with Gasteiger partial charge in [-0.15, -0.1) is 0 Å². The Morgan fingerprint density at radius 3 is 2.71 bits per heavy atom. The van der Waals surface area contributed by atoms with Crippen molar-refractivity contribution in [1.82, 2.24) is 0 Å². The van der Waals surface area contributed by atoms with E-state index in [4.69, 9.17) is 4.42 Å². The van der Waals surface area contributed by atoms with Gasteiger partial charge in [0, 0.05) is 11.6 Å². The Morgan fingerprint density at radius 2 is 2.00 bits per heavy atom. The average molecular weight is 326 g/mol. The molecule has 1 N–H and O–H groups in total. The van der Waals surface area contributed by atoms with Gasteiger partial charge in [0.25, 0.3) is 0 Å². The predicted octanol–water partition coefficient (Wildman–Crippen LogP) is 2.63. The third kappa shape index (κ3) is 3.34. The molecule has 124 valence electrons. The molecule has 0 spiro atoms. The fraction of sp³-hybridized carbons (Fsp3) is 0.368. The molecule has 2 aromatic rings. The van der Waals surface area contributed by atoms with Crippen molar-refractivity contribution in [2.24, 2.45) is 0 Å². The second kappa shape index (κ2) is 6.50. The lowest BCUT2D eigenvalue weighted by atomic mass is 9.85. The van der Waals surface area contributed by atoms with Gasteiger partial charge in [0.2, 0.25) is 5.76 Å². The fourth-order valence-electron chi connectivity index (χ4n) is 2.89. The molecule has 0 radical (unpaired) electrons. The Morgan fingerprint density at radius 1 is 1.25 bits per heavy atom. The van der Waals surface area contributed by atoms with E-state index in [0.29, 0.717) is 29.4 Å². The Kier molecular flexibility index (Phi) is 4.41. The summed E-state index contributed by atoms with van der Waals surface area (Å²) in [5.74, 6) is 5.06. The minimum atomic E-state index is -0.938. The molecular weight excluding hydrogens is 308 g/mol. The van der Waals surface area contributed by atoms with Crippen LogP contribution in [0.3, 0.4) is 0 Å². The van der Waals surface area contributed by atoms with Gasteiger partial charge < -0.3 is 14.3 Å². The largest absolute Gasteiger partial charge is 0.463 e. The van der Waals surface area contributed by atoms with E-state index in [1.807, 2.05) is 0 Å². The lowest BCUT2D eigenvalue weighted by Crippen LogP contribution is -2.29. The summed E-state index contributed by atoms with van der Waals surface area (Å²) in [7, 11) is 1.22. The Hall–Kier alpha value is -2.58. The molecule has 1 heterocycles. The van der Waals surface area contributed by atoms with Crippen molar-refractivity contribution in [3.8, 4) is 11.8 Å². The molecule has 5 heteroatoms. The molecular formula is C19H18O5. The first-order valence-corrected chi connectivity index (χ1v) is 7.92. The minimum absolute atomic E-state index is 0.134. The van der Waals surface area contributed by atoms with Crippen molar-refractivity contribution < 1.29 is 19.1 Å². The third-order valence-corrected chi connectivity index (χ3v) is 4.23. The Labute approximate surface area is 139 Å². The molecule has 1 fully saturated rings. The van der Waals surface area contributed by atoms with E-state index in [-0.39, 0.29) is 11.2 Å². The van der Waals surface area contributed by atoms with Crippen molar-refractivity contribution >= 4 is 16.9 Å². The Balaban J connectivity index is 1.96. The molecule has 0 amide bonds. The maximum Gasteiger partial charge on any atom is 0.374 e. The second-order valence-corrected chi connectivity index (χ2v) is 6.02. The van der Waals surface area contributed by atoms with Crippen molar-refractivity contribution in [3.63, 3.8) is 0 Å². The predicted molar refractivity (Wildman–Crippen MR) is 88.7 cm³/mol. The average Bonchev–Trinajstić information content (AvgIpc) is 2.60. The highest BCUT2D eigenvalue weighted by molar-refractivity contribution is 5.89. The van der Waals surface area contributed by atoms with Crippen LogP contribution in [0, 0.1) is 11.8 Å². The van der Waals surface area contributed by atoms with Gasteiger partial charge in [0.1, 0.15) is 11.2 Å². The van der Waals surface area contributed by atoms with Crippen LogP contribution >= 0.6 is 0 Å². The number of ether oxygens (including phenoxy) is 1. The molecule has 0 atom stereocenters. The van der Waals surface area contributed by atoms with Gasteiger partial charge in [0.05, 0.1) is 12.5 Å². The van der Waals surface area contributed by atoms with Gasteiger partial charge in [0.15, 0.2) is 5.43 Å². The Bertz CT molecular complexity index is 891. The smallest absolute Gasteiger partial charge is 0.374 e. The van der Waals surface area contributed by atoms with E-state index in [1.165, 1.54) is 7.11 Å². The summed E-state index contributed by atoms with van der Waals surface area (Å²) in [4.78, 5) is 23.7. The number of hydrogen-bond acceptors (Lipinski definition) is 5. The summed E-state index contributed by atoms with van der Waals surface area (Å²) in [6.45, 7) is 0. The van der Waals surface area contributed by atoms with Crippen molar-refractivity contribution in [2.75, 3.05) is 7.11 Å². The van der Waals surface area contributed by atoms with Crippen LogP contribution in [0.5, 0.6) is 0 Å². The molecule has 0 unspecified atom stereocenters. The maximum absolute atomic E-state index is 12.2. The molecule has 24 heavy (non-hydrogen) atoms. The normalized spacial score (nSPS) is 16.2. The number of rotatable bonds is 1. The zero-order valence-corrected chi connectivity index (χ0v) is 13.4. The molecule has 0 saturated heterocycles. The number of esters is 1. The molecule has 3 rings (SSSR count). The summed E-state index contributed by atoms with van der Waals surface area (Å²) in [6.07, 6.45) is 4.44. The summed E-state index contributed by atoms with van der Waals surface area (Å²) in [5.41, 5.74) is -0.354. The number of carbonyl (C=O) groups is 1. The topological polar surface area (TPSA) is 76.7 Å². The highest BCUT2D eigenvalue weighted by atomic mass is 16.5. The van der Waals surface area contributed by atoms with Crippen molar-refractivity contribution in [3.05, 3.63) is 45.8 Å². The van der Waals surface area contributed by atoms with E-state index < -0.39 is 11.6 Å². The maximum atomic E-state index is 12.2. The third-order valence-electron chi connectivity index (χ3n) is 4.23. The van der Waals surface area contributed by atoms with Crippen LogP contribution in [-0.4, -0.2) is 23.8 Å². The first kappa shape index (κ1) is 16.3. The van der Waals surface area contributed by atoms with E-state index >= 15 is 0 Å². The monoisotopic (exact) mass is 326 g/mol. The summed E-state index contributed by atoms with van der Waals surface area (Å²) in [5, 5.41) is 10.8. The molecule has 1 aliphatic rings. The van der Waals surface area contributed by atoms with Crippen LogP contribution in [0.4, 0.5) is 0 Å². The zero-order chi connectivity index (χ0) is 17.2. The number of aliphatic hydroxyl groups is 1. The number of carbonyl (C=O) groups excluding carboxylic acids is 1. The van der Waals surface area contributed by atoms with Gasteiger partial charge in [-0.3, -0.25) is 4.79 Å². The number of methoxy groups -OCH3 is 1. The van der Waals surface area contributed by atoms with E-state index in [9.17, 15) is 14.7 Å². The van der Waals surface area contributed by atoms with Crippen LogP contribution in [0.2, 0.25) is 0 Å². The highest BCUT2D eigenvalue weighted by Gasteiger charge is 2.26. The summed E-state index contributed by atoms with van der Waals surface area (Å²) >= 11 is 0. The van der Waals surface area contributed by atoms with E-state index in [1.54, 1.807) is 18.2 Å². The van der Waals surface area contributed by atoms with Crippen LogP contribution in [-0.2, 0) is 4.74 Å². The highest BCUT2D eigenvalue weighted by Crippen LogP contribution is 2.27. The molecule has 1 aromatic carbocycles. The SMILES string of the molecule is COC(=O)c1cc(=O)c2cc(C#CC3(O)CCCCC3)ccc2o1. The van der Waals surface area contributed by atoms with Gasteiger partial charge in [-0.1, -0.05) is 18.3 Å². The lowest BCUT2D eigenvalue weighted by Gasteiger charge is -2.26. The van der Waals surface area contributed by atoms with Gasteiger partial charge in [-0.25, -0.2) is 4.79 Å². The van der Waals surface area contributed by atoms with Gasteiger partial charge >= 0.3 is 5.97 Å². The second-order valence-electron chi connectivity index (χ2n) is 6.02. The van der Waals surface area contributed by atoms with E-state index in [0.717, 1.165) is 25.3 Å².